The zero-order valence-electron chi connectivity index (χ0n) is 32.4. The molecule has 1 amide bonds. The highest BCUT2D eigenvalue weighted by molar-refractivity contribution is 5.69. The van der Waals surface area contributed by atoms with Crippen molar-refractivity contribution in [2.45, 2.75) is 141 Å². The Bertz CT molecular complexity index is 1070. The maximum absolute atomic E-state index is 12.0. The largest absolute Gasteiger partial charge is 0.508 e. The maximum atomic E-state index is 12.0. The lowest BCUT2D eigenvalue weighted by Gasteiger charge is -2.27. The van der Waals surface area contributed by atoms with E-state index < -0.39 is 18.4 Å². The van der Waals surface area contributed by atoms with Crippen molar-refractivity contribution < 1.29 is 57.1 Å². The van der Waals surface area contributed by atoms with Crippen LogP contribution in [0.4, 0.5) is 14.4 Å². The smallest absolute Gasteiger partial charge is 0.465 e. The monoisotopic (exact) mass is 767 g/mol. The number of hydrogen-bond donors (Lipinski definition) is 1. The van der Waals surface area contributed by atoms with E-state index in [1.807, 2.05) is 0 Å². The number of ether oxygens (including phenoxy) is 7. The van der Waals surface area contributed by atoms with E-state index in [1.165, 1.54) is 6.08 Å². The van der Waals surface area contributed by atoms with E-state index in [0.717, 1.165) is 116 Å². The zero-order chi connectivity index (χ0) is 39.2. The molecule has 1 fully saturated rings. The first kappa shape index (κ1) is 48.0. The fourth-order valence-electron chi connectivity index (χ4n) is 5.84. The molecule has 1 saturated carbocycles. The minimum atomic E-state index is -0.678. The average Bonchev–Trinajstić information content (AvgIpc) is 3.17. The van der Waals surface area contributed by atoms with Gasteiger partial charge in [-0.3, -0.25) is 4.79 Å². The second-order valence-electron chi connectivity index (χ2n) is 13.7. The lowest BCUT2D eigenvalue weighted by atomic mass is 9.83. The Labute approximate surface area is 321 Å². The first-order chi connectivity index (χ1) is 26.4. The van der Waals surface area contributed by atoms with Gasteiger partial charge >= 0.3 is 24.4 Å². The number of nitrogens with zero attached hydrogens (tertiary/aromatic N) is 2. The first-order valence-electron chi connectivity index (χ1n) is 20.1. The van der Waals surface area contributed by atoms with Crippen LogP contribution in [0.3, 0.4) is 0 Å². The van der Waals surface area contributed by atoms with Crippen LogP contribution in [-0.4, -0.2) is 89.8 Å². The Morgan fingerprint density at radius 1 is 0.556 bits per heavy atom. The number of rotatable bonds is 33. The van der Waals surface area contributed by atoms with E-state index in [9.17, 15) is 24.0 Å². The lowest BCUT2D eigenvalue weighted by molar-refractivity contribution is -0.145. The Hall–Kier alpha value is -4.05. The summed E-state index contributed by atoms with van der Waals surface area (Å²) in [6.45, 7) is 3.46. The molecule has 15 nitrogen and oxygen atoms in total. The number of carbonyl (C=O) groups is 4. The molecule has 1 rings (SSSR count). The summed E-state index contributed by atoms with van der Waals surface area (Å²) >= 11 is 0. The van der Waals surface area contributed by atoms with E-state index in [1.54, 1.807) is 6.26 Å². The summed E-state index contributed by atoms with van der Waals surface area (Å²) in [6, 6.07) is 0. The third-order valence-corrected chi connectivity index (χ3v) is 9.08. The van der Waals surface area contributed by atoms with Gasteiger partial charge in [-0.1, -0.05) is 25.7 Å². The molecule has 15 heteroatoms. The van der Waals surface area contributed by atoms with Gasteiger partial charge in [-0.2, -0.15) is 5.26 Å². The third-order valence-electron chi connectivity index (χ3n) is 9.08. The minimum Gasteiger partial charge on any atom is -0.465 e. The molecule has 1 N–H and O–H groups in total. The van der Waals surface area contributed by atoms with Crippen molar-refractivity contribution in [2.75, 3.05) is 59.3 Å². The molecule has 0 bridgehead atoms. The van der Waals surface area contributed by atoms with Crippen molar-refractivity contribution >= 4 is 30.5 Å². The Balaban J connectivity index is 1.84. The van der Waals surface area contributed by atoms with Crippen molar-refractivity contribution in [3.8, 4) is 6.26 Å². The molecule has 0 heterocycles. The van der Waals surface area contributed by atoms with E-state index in [-0.39, 0.29) is 31.7 Å². The summed E-state index contributed by atoms with van der Waals surface area (Å²) in [5, 5.41) is 11.0. The second kappa shape index (κ2) is 36.0. The Morgan fingerprint density at radius 2 is 1.02 bits per heavy atom. The highest BCUT2D eigenvalue weighted by Crippen LogP contribution is 2.29. The van der Waals surface area contributed by atoms with Crippen LogP contribution in [0, 0.1) is 23.4 Å². The number of nitriles is 1. The van der Waals surface area contributed by atoms with Crippen molar-refractivity contribution in [1.82, 2.24) is 5.32 Å². The molecule has 1 aliphatic rings. The van der Waals surface area contributed by atoms with Gasteiger partial charge in [0.15, 0.2) is 0 Å². The van der Waals surface area contributed by atoms with E-state index in [4.69, 9.17) is 33.7 Å². The molecule has 54 heavy (non-hydrogen) atoms. The third kappa shape index (κ3) is 31.5. The number of esters is 1. The molecular formula is C39H65N3O12. The number of alkyl carbamates (subject to hydrolysis) is 1. The van der Waals surface area contributed by atoms with Crippen LogP contribution in [0.2, 0.25) is 0 Å². The predicted molar refractivity (Wildman–Crippen MR) is 198 cm³/mol. The molecular weight excluding hydrogens is 702 g/mol. The normalized spacial score (nSPS) is 14.8. The van der Waals surface area contributed by atoms with Gasteiger partial charge in [-0.25, -0.2) is 24.2 Å². The summed E-state index contributed by atoms with van der Waals surface area (Å²) in [6.07, 6.45) is 20.0. The number of hydrogen-bond acceptors (Lipinski definition) is 14. The molecule has 0 saturated heterocycles. The molecule has 0 unspecified atom stereocenters. The summed E-state index contributed by atoms with van der Waals surface area (Å²) in [4.78, 5) is 61.0. The number of unbranched alkanes of at least 4 members (excludes halogenated alkanes) is 13. The predicted octanol–water partition coefficient (Wildman–Crippen LogP) is 8.22. The van der Waals surface area contributed by atoms with Gasteiger partial charge in [0, 0.05) is 13.0 Å². The second-order valence-corrected chi connectivity index (χ2v) is 13.7. The van der Waals surface area contributed by atoms with Crippen LogP contribution >= 0.6 is 0 Å². The topological polar surface area (TPSA) is 198 Å². The van der Waals surface area contributed by atoms with Crippen molar-refractivity contribution in [1.29, 1.82) is 5.26 Å². The number of isocyanates is 1. The van der Waals surface area contributed by atoms with Gasteiger partial charge in [-0.05, 0) is 121 Å². The van der Waals surface area contributed by atoms with Gasteiger partial charge < -0.3 is 38.5 Å². The first-order valence-corrected chi connectivity index (χ1v) is 20.1. The molecule has 0 atom stereocenters. The van der Waals surface area contributed by atoms with E-state index in [0.29, 0.717) is 71.1 Å². The van der Waals surface area contributed by atoms with Crippen LogP contribution in [0.1, 0.15) is 141 Å². The SMILES string of the molecule is N#COCCCCCCNC(=O)OCCCCCCOC(=O)OCCCCCCOC(=O)OCC1CCC(COC(=O)CCCCCCCN=C=O)CC1. The number of carbonyl (C=O) groups excluding carboxylic acids is 5. The van der Waals surface area contributed by atoms with Crippen LogP contribution in [0.25, 0.3) is 0 Å². The van der Waals surface area contributed by atoms with E-state index >= 15 is 0 Å². The molecule has 0 aliphatic heterocycles. The van der Waals surface area contributed by atoms with Gasteiger partial charge in [0.05, 0.1) is 46.2 Å². The molecule has 1 aliphatic carbocycles. The van der Waals surface area contributed by atoms with Crippen molar-refractivity contribution in [2.24, 2.45) is 16.8 Å². The standard InChI is InChI=1S/C39H65N3O12/c40-32-48-25-13-5-4-12-24-42-37(45)49-26-14-6-7-15-27-50-38(46)51-28-16-8-9-17-29-52-39(47)54-31-35-21-19-34(20-22-35)30-53-36(44)18-10-2-1-3-11-23-41-33-43/h34-35H,1-31H2,(H,42,45). The Kier molecular flexibility index (Phi) is 31.9. The average molecular weight is 768 g/mol. The van der Waals surface area contributed by atoms with Crippen molar-refractivity contribution in [3.05, 3.63) is 0 Å². The maximum Gasteiger partial charge on any atom is 0.508 e. The molecule has 0 aromatic rings. The zero-order valence-corrected chi connectivity index (χ0v) is 32.4. The fourth-order valence-corrected chi connectivity index (χ4v) is 5.84. The van der Waals surface area contributed by atoms with Gasteiger partial charge in [0.2, 0.25) is 6.08 Å². The highest BCUT2D eigenvalue weighted by Gasteiger charge is 2.23. The van der Waals surface area contributed by atoms with Gasteiger partial charge in [-0.15, -0.1) is 0 Å². The minimum absolute atomic E-state index is 0.147. The summed E-state index contributed by atoms with van der Waals surface area (Å²) in [5.74, 6) is 0.487. The fraction of sp³-hybridized carbons (Fsp3) is 0.846. The van der Waals surface area contributed by atoms with Gasteiger partial charge in [0.1, 0.15) is 6.61 Å². The molecule has 0 aromatic carbocycles. The lowest BCUT2D eigenvalue weighted by Crippen LogP contribution is -2.25. The number of amides is 1. The molecule has 0 aromatic heterocycles. The van der Waals surface area contributed by atoms with E-state index in [2.05, 4.69) is 15.0 Å². The van der Waals surface area contributed by atoms with Crippen LogP contribution in [0.15, 0.2) is 4.99 Å². The van der Waals surface area contributed by atoms with Crippen LogP contribution < -0.4 is 5.32 Å². The summed E-state index contributed by atoms with van der Waals surface area (Å²) in [7, 11) is 0. The Morgan fingerprint density at radius 3 is 1.59 bits per heavy atom. The molecule has 0 spiro atoms. The molecule has 0 radical (unpaired) electrons. The van der Waals surface area contributed by atoms with Gasteiger partial charge in [0.25, 0.3) is 6.26 Å². The van der Waals surface area contributed by atoms with Crippen molar-refractivity contribution in [3.63, 3.8) is 0 Å². The van der Waals surface area contributed by atoms with Crippen LogP contribution in [0.5, 0.6) is 0 Å². The quantitative estimate of drug-likeness (QED) is 0.0167. The highest BCUT2D eigenvalue weighted by atomic mass is 16.7. The number of nitrogens with one attached hydrogen (secondary N) is 1. The number of aliphatic imine (C=N–C) groups is 1. The summed E-state index contributed by atoms with van der Waals surface area (Å²) in [5.41, 5.74) is 0. The van der Waals surface area contributed by atoms with Crippen LogP contribution in [-0.2, 0) is 42.7 Å². The summed E-state index contributed by atoms with van der Waals surface area (Å²) < 4.78 is 35.9. The molecule has 308 valence electrons.